The molecular weight excluding hydrogens is 327 g/mol. The van der Waals surface area contributed by atoms with Gasteiger partial charge in [-0.3, -0.25) is 4.79 Å². The molecule has 2 aromatic rings. The molecule has 1 aromatic carbocycles. The zero-order valence-corrected chi connectivity index (χ0v) is 12.4. The average molecular weight is 337 g/mol. The first-order chi connectivity index (χ1) is 10.9. The Bertz CT molecular complexity index is 756. The SMILES string of the molecule is N#Cc1cccnc1SCC(=O)Nc1ccccc1C(F)(F)F. The molecule has 0 fully saturated rings. The molecule has 4 nitrogen and oxygen atoms in total. The van der Waals surface area contributed by atoms with E-state index in [1.165, 1.54) is 24.4 Å². The molecule has 0 aliphatic heterocycles. The van der Waals surface area contributed by atoms with Crippen molar-refractivity contribution in [2.24, 2.45) is 0 Å². The van der Waals surface area contributed by atoms with Crippen LogP contribution in [-0.2, 0) is 11.0 Å². The molecule has 118 valence electrons. The number of hydrogen-bond donors (Lipinski definition) is 1. The highest BCUT2D eigenvalue weighted by molar-refractivity contribution is 8.00. The first kappa shape index (κ1) is 16.8. The summed E-state index contributed by atoms with van der Waals surface area (Å²) in [5.74, 6) is -0.765. The molecule has 0 bridgehead atoms. The van der Waals surface area contributed by atoms with Crippen molar-refractivity contribution in [3.05, 3.63) is 53.7 Å². The number of rotatable bonds is 4. The van der Waals surface area contributed by atoms with Gasteiger partial charge in [0.25, 0.3) is 0 Å². The van der Waals surface area contributed by atoms with Gasteiger partial charge in [0.05, 0.1) is 22.6 Å². The molecule has 0 saturated heterocycles. The minimum Gasteiger partial charge on any atom is -0.325 e. The van der Waals surface area contributed by atoms with Crippen molar-refractivity contribution in [1.82, 2.24) is 4.98 Å². The van der Waals surface area contributed by atoms with Gasteiger partial charge in [-0.1, -0.05) is 23.9 Å². The van der Waals surface area contributed by atoms with Gasteiger partial charge < -0.3 is 5.32 Å². The number of aromatic nitrogens is 1. The molecule has 1 amide bonds. The molecule has 23 heavy (non-hydrogen) atoms. The van der Waals surface area contributed by atoms with Crippen LogP contribution >= 0.6 is 11.8 Å². The third-order valence-electron chi connectivity index (χ3n) is 2.74. The topological polar surface area (TPSA) is 65.8 Å². The largest absolute Gasteiger partial charge is 0.418 e. The maximum absolute atomic E-state index is 12.8. The van der Waals surface area contributed by atoms with E-state index in [1.54, 1.807) is 12.1 Å². The molecule has 8 heteroatoms. The van der Waals surface area contributed by atoms with E-state index in [-0.39, 0.29) is 11.4 Å². The Labute approximate surface area is 134 Å². The van der Waals surface area contributed by atoms with Gasteiger partial charge in [0.2, 0.25) is 5.91 Å². The van der Waals surface area contributed by atoms with E-state index < -0.39 is 17.6 Å². The van der Waals surface area contributed by atoms with Gasteiger partial charge in [-0.15, -0.1) is 0 Å². The predicted molar refractivity (Wildman–Crippen MR) is 79.7 cm³/mol. The maximum atomic E-state index is 12.8. The van der Waals surface area contributed by atoms with Crippen LogP contribution in [0.4, 0.5) is 18.9 Å². The van der Waals surface area contributed by atoms with Crippen molar-refractivity contribution in [3.8, 4) is 6.07 Å². The van der Waals surface area contributed by atoms with Crippen molar-refractivity contribution >= 4 is 23.4 Å². The normalized spacial score (nSPS) is 10.9. The zero-order chi connectivity index (χ0) is 16.9. The highest BCUT2D eigenvalue weighted by Gasteiger charge is 2.33. The molecule has 1 aromatic heterocycles. The third-order valence-corrected chi connectivity index (χ3v) is 3.74. The van der Waals surface area contributed by atoms with Crippen molar-refractivity contribution in [2.75, 3.05) is 11.1 Å². The summed E-state index contributed by atoms with van der Waals surface area (Å²) in [4.78, 5) is 15.8. The summed E-state index contributed by atoms with van der Waals surface area (Å²) in [5, 5.41) is 11.5. The number of alkyl halides is 3. The zero-order valence-electron chi connectivity index (χ0n) is 11.6. The summed E-state index contributed by atoms with van der Waals surface area (Å²) in [7, 11) is 0. The summed E-state index contributed by atoms with van der Waals surface area (Å²) < 4.78 is 38.5. The number of halogens is 3. The highest BCUT2D eigenvalue weighted by Crippen LogP contribution is 2.34. The van der Waals surface area contributed by atoms with Crippen LogP contribution in [0, 0.1) is 11.3 Å². The number of amides is 1. The number of carbonyl (C=O) groups is 1. The third kappa shape index (κ3) is 4.47. The highest BCUT2D eigenvalue weighted by atomic mass is 32.2. The van der Waals surface area contributed by atoms with E-state index in [0.717, 1.165) is 17.8 Å². The lowest BCUT2D eigenvalue weighted by atomic mass is 10.1. The number of thioether (sulfide) groups is 1. The Hall–Kier alpha value is -2.53. The van der Waals surface area contributed by atoms with E-state index in [9.17, 15) is 18.0 Å². The van der Waals surface area contributed by atoms with E-state index in [0.29, 0.717) is 10.6 Å². The van der Waals surface area contributed by atoms with E-state index >= 15 is 0 Å². The first-order valence-corrected chi connectivity index (χ1v) is 7.34. The van der Waals surface area contributed by atoms with Gasteiger partial charge in [0.15, 0.2) is 0 Å². The summed E-state index contributed by atoms with van der Waals surface area (Å²) in [5.41, 5.74) is -0.901. The fourth-order valence-corrected chi connectivity index (χ4v) is 2.49. The number of hydrogen-bond acceptors (Lipinski definition) is 4. The molecule has 0 saturated carbocycles. The Morgan fingerprint density at radius 1 is 1.26 bits per heavy atom. The molecule has 1 heterocycles. The minimum atomic E-state index is -4.55. The van der Waals surface area contributed by atoms with Crippen LogP contribution in [0.1, 0.15) is 11.1 Å². The molecule has 0 aliphatic carbocycles. The molecule has 1 N–H and O–H groups in total. The van der Waals surface area contributed by atoms with Gasteiger partial charge in [-0.25, -0.2) is 4.98 Å². The van der Waals surface area contributed by atoms with Gasteiger partial charge in [-0.2, -0.15) is 18.4 Å². The van der Waals surface area contributed by atoms with E-state index in [2.05, 4.69) is 10.3 Å². The van der Waals surface area contributed by atoms with Crippen LogP contribution < -0.4 is 5.32 Å². The summed E-state index contributed by atoms with van der Waals surface area (Å²) in [6.45, 7) is 0. The summed E-state index contributed by atoms with van der Waals surface area (Å²) >= 11 is 0.985. The van der Waals surface area contributed by atoms with Crippen LogP contribution in [0.5, 0.6) is 0 Å². The van der Waals surface area contributed by atoms with Gasteiger partial charge in [0.1, 0.15) is 11.1 Å². The van der Waals surface area contributed by atoms with Crippen LogP contribution in [0.25, 0.3) is 0 Å². The number of pyridine rings is 1. The Kier molecular flexibility index (Phi) is 5.24. The molecule has 0 aliphatic rings. The number of anilines is 1. The number of nitrogens with one attached hydrogen (secondary N) is 1. The van der Waals surface area contributed by atoms with Crippen molar-refractivity contribution in [2.45, 2.75) is 11.2 Å². The monoisotopic (exact) mass is 337 g/mol. The lowest BCUT2D eigenvalue weighted by Crippen LogP contribution is -2.18. The quantitative estimate of drug-likeness (QED) is 0.864. The van der Waals surface area contributed by atoms with Crippen LogP contribution in [0.3, 0.4) is 0 Å². The lowest BCUT2D eigenvalue weighted by molar-refractivity contribution is -0.137. The fraction of sp³-hybridized carbons (Fsp3) is 0.133. The van der Waals surface area contributed by atoms with Crippen molar-refractivity contribution < 1.29 is 18.0 Å². The average Bonchev–Trinajstić information content (AvgIpc) is 2.52. The van der Waals surface area contributed by atoms with Gasteiger partial charge in [-0.05, 0) is 24.3 Å². The predicted octanol–water partition coefficient (Wildman–Crippen LogP) is 3.70. The fourth-order valence-electron chi connectivity index (χ4n) is 1.75. The second-order valence-electron chi connectivity index (χ2n) is 4.35. The number of nitriles is 1. The second-order valence-corrected chi connectivity index (χ2v) is 5.31. The minimum absolute atomic E-state index is 0.155. The molecule has 2 rings (SSSR count). The molecule has 0 atom stereocenters. The van der Waals surface area contributed by atoms with Crippen LogP contribution in [0.15, 0.2) is 47.6 Å². The van der Waals surface area contributed by atoms with E-state index in [1.807, 2.05) is 6.07 Å². The number of nitrogens with zero attached hydrogens (tertiary/aromatic N) is 2. The van der Waals surface area contributed by atoms with Gasteiger partial charge >= 0.3 is 6.18 Å². The Balaban J connectivity index is 2.05. The number of para-hydroxylation sites is 1. The van der Waals surface area contributed by atoms with Crippen LogP contribution in [0.2, 0.25) is 0 Å². The van der Waals surface area contributed by atoms with Crippen LogP contribution in [-0.4, -0.2) is 16.6 Å². The molecular formula is C15H10F3N3OS. The smallest absolute Gasteiger partial charge is 0.325 e. The van der Waals surface area contributed by atoms with Crippen molar-refractivity contribution in [1.29, 1.82) is 5.26 Å². The molecule has 0 spiro atoms. The molecule has 0 unspecified atom stereocenters. The lowest BCUT2D eigenvalue weighted by Gasteiger charge is -2.13. The summed E-state index contributed by atoms with van der Waals surface area (Å²) in [6.07, 6.45) is -3.08. The Morgan fingerprint density at radius 3 is 2.70 bits per heavy atom. The van der Waals surface area contributed by atoms with E-state index in [4.69, 9.17) is 5.26 Å². The summed E-state index contributed by atoms with van der Waals surface area (Å²) in [6, 6.07) is 9.81. The molecule has 0 radical (unpaired) electrons. The maximum Gasteiger partial charge on any atom is 0.418 e. The standard InChI is InChI=1S/C15H10F3N3OS/c16-15(17,18)11-5-1-2-6-12(11)21-13(22)9-23-14-10(8-19)4-3-7-20-14/h1-7H,9H2,(H,21,22). The van der Waals surface area contributed by atoms with Gasteiger partial charge in [0, 0.05) is 6.20 Å². The second kappa shape index (κ2) is 7.15. The number of benzene rings is 1. The number of carbonyl (C=O) groups excluding carboxylic acids is 1. The van der Waals surface area contributed by atoms with Crippen molar-refractivity contribution in [3.63, 3.8) is 0 Å². The first-order valence-electron chi connectivity index (χ1n) is 6.36. The Morgan fingerprint density at radius 2 is 2.00 bits per heavy atom.